The van der Waals surface area contributed by atoms with Crippen molar-refractivity contribution in [3.63, 3.8) is 0 Å². The van der Waals surface area contributed by atoms with E-state index in [2.05, 4.69) is 34.5 Å². The van der Waals surface area contributed by atoms with Gasteiger partial charge < -0.3 is 9.47 Å². The van der Waals surface area contributed by atoms with Crippen LogP contribution >= 0.6 is 39.1 Å². The molecule has 0 amide bonds. The van der Waals surface area contributed by atoms with Crippen molar-refractivity contribution in [2.45, 2.75) is 39.2 Å². The standard InChI is InChI=1S/C30H28BrCl2N3O3/c1-5-7-20-12-19(13-27(38-4)28(20)39-17-21-8-10-23(32)15-25(21)33)16-34-36-29(18(3)6-2)35-26-11-9-22(31)14-24(26)30(36)37/h5,8-16,18H,1,6-7,17H2,2-4H3/t18-/m0/s1. The Balaban J connectivity index is 1.75. The molecule has 0 bridgehead atoms. The van der Waals surface area contributed by atoms with Crippen LogP contribution in [-0.2, 0) is 13.0 Å². The lowest BCUT2D eigenvalue weighted by molar-refractivity contribution is 0.282. The van der Waals surface area contributed by atoms with Crippen LogP contribution in [0, 0.1) is 0 Å². The van der Waals surface area contributed by atoms with Crippen molar-refractivity contribution < 1.29 is 9.47 Å². The summed E-state index contributed by atoms with van der Waals surface area (Å²) in [5, 5.41) is 6.16. The second-order valence-electron chi connectivity index (χ2n) is 9.03. The van der Waals surface area contributed by atoms with E-state index < -0.39 is 0 Å². The van der Waals surface area contributed by atoms with E-state index in [0.717, 1.165) is 27.6 Å². The lowest BCUT2D eigenvalue weighted by Gasteiger charge is -2.17. The third-order valence-electron chi connectivity index (χ3n) is 6.33. The molecule has 9 heteroatoms. The average Bonchev–Trinajstić information content (AvgIpc) is 2.92. The molecule has 1 heterocycles. The van der Waals surface area contributed by atoms with Gasteiger partial charge in [0.05, 0.1) is 24.2 Å². The second-order valence-corrected chi connectivity index (χ2v) is 10.8. The van der Waals surface area contributed by atoms with Crippen LogP contribution in [0.25, 0.3) is 10.9 Å². The summed E-state index contributed by atoms with van der Waals surface area (Å²) in [6.45, 7) is 8.20. The minimum absolute atomic E-state index is 0.0317. The zero-order valence-electron chi connectivity index (χ0n) is 21.9. The highest BCUT2D eigenvalue weighted by Crippen LogP contribution is 2.35. The normalized spacial score (nSPS) is 12.2. The van der Waals surface area contributed by atoms with Crippen LogP contribution in [0.4, 0.5) is 0 Å². The van der Waals surface area contributed by atoms with Crippen LogP contribution in [0.5, 0.6) is 11.5 Å². The van der Waals surface area contributed by atoms with Crippen molar-refractivity contribution in [1.29, 1.82) is 0 Å². The van der Waals surface area contributed by atoms with E-state index >= 15 is 0 Å². The molecule has 0 aliphatic carbocycles. The topological polar surface area (TPSA) is 65.7 Å². The third kappa shape index (κ3) is 6.55. The summed E-state index contributed by atoms with van der Waals surface area (Å²) in [6, 6.07) is 14.5. The molecule has 39 heavy (non-hydrogen) atoms. The molecule has 0 unspecified atom stereocenters. The Kier molecular flexibility index (Phi) is 9.49. The van der Waals surface area contributed by atoms with E-state index in [1.807, 2.05) is 37.3 Å². The van der Waals surface area contributed by atoms with Gasteiger partial charge in [-0.15, -0.1) is 6.58 Å². The molecule has 1 aromatic heterocycles. The Labute approximate surface area is 246 Å². The van der Waals surface area contributed by atoms with Gasteiger partial charge in [-0.1, -0.05) is 65.1 Å². The molecule has 4 aromatic rings. The first-order valence-corrected chi connectivity index (χ1v) is 14.0. The number of fused-ring (bicyclic) bond motifs is 1. The minimum atomic E-state index is -0.231. The quantitative estimate of drug-likeness (QED) is 0.131. The van der Waals surface area contributed by atoms with Crippen LogP contribution < -0.4 is 15.0 Å². The molecule has 0 spiro atoms. The van der Waals surface area contributed by atoms with Gasteiger partial charge in [-0.3, -0.25) is 4.79 Å². The molecule has 3 aromatic carbocycles. The smallest absolute Gasteiger partial charge is 0.282 e. The van der Waals surface area contributed by atoms with E-state index in [9.17, 15) is 4.79 Å². The summed E-state index contributed by atoms with van der Waals surface area (Å²) >= 11 is 15.8. The SMILES string of the molecule is C=CCc1cc(C=Nn2c([C@@H](C)CC)nc3ccc(Br)cc3c2=O)cc(OC)c1OCc1ccc(Cl)cc1Cl. The lowest BCUT2D eigenvalue weighted by Crippen LogP contribution is -2.23. The largest absolute Gasteiger partial charge is 0.493 e. The highest BCUT2D eigenvalue weighted by atomic mass is 79.9. The molecular weight excluding hydrogens is 601 g/mol. The minimum Gasteiger partial charge on any atom is -0.493 e. The summed E-state index contributed by atoms with van der Waals surface area (Å²) in [7, 11) is 1.58. The Bertz CT molecular complexity index is 1620. The van der Waals surface area contributed by atoms with E-state index in [4.69, 9.17) is 37.7 Å². The average molecular weight is 629 g/mol. The Morgan fingerprint density at radius 3 is 2.64 bits per heavy atom. The third-order valence-corrected chi connectivity index (χ3v) is 7.41. The number of nitrogens with zero attached hydrogens (tertiary/aromatic N) is 3. The molecule has 6 nitrogen and oxygen atoms in total. The van der Waals surface area contributed by atoms with Crippen LogP contribution in [0.15, 0.2) is 75.6 Å². The first-order valence-electron chi connectivity index (χ1n) is 12.4. The Morgan fingerprint density at radius 1 is 1.15 bits per heavy atom. The molecule has 0 radical (unpaired) electrons. The van der Waals surface area contributed by atoms with Crippen molar-refractivity contribution in [3.05, 3.63) is 109 Å². The van der Waals surface area contributed by atoms with Gasteiger partial charge in [-0.05, 0) is 60.9 Å². The summed E-state index contributed by atoms with van der Waals surface area (Å²) in [5.41, 5.74) is 2.79. The van der Waals surface area contributed by atoms with E-state index in [-0.39, 0.29) is 18.1 Å². The molecule has 0 aliphatic heterocycles. The molecule has 4 rings (SSSR count). The van der Waals surface area contributed by atoms with Crippen molar-refractivity contribution >= 4 is 56.2 Å². The number of rotatable bonds is 10. The molecule has 0 fully saturated rings. The molecule has 0 N–H and O–H groups in total. The van der Waals surface area contributed by atoms with Gasteiger partial charge in [-0.25, -0.2) is 4.98 Å². The van der Waals surface area contributed by atoms with Crippen molar-refractivity contribution in [1.82, 2.24) is 9.66 Å². The summed E-state index contributed by atoms with van der Waals surface area (Å²) < 4.78 is 14.0. The summed E-state index contributed by atoms with van der Waals surface area (Å²) in [4.78, 5) is 18.2. The lowest BCUT2D eigenvalue weighted by atomic mass is 10.1. The molecular formula is C30H28BrCl2N3O3. The highest BCUT2D eigenvalue weighted by molar-refractivity contribution is 9.10. The molecule has 0 aliphatic rings. The maximum Gasteiger partial charge on any atom is 0.282 e. The van der Waals surface area contributed by atoms with Gasteiger partial charge in [0.1, 0.15) is 12.4 Å². The van der Waals surface area contributed by atoms with Gasteiger partial charge in [0.2, 0.25) is 0 Å². The fourth-order valence-electron chi connectivity index (χ4n) is 4.07. The number of hydrogen-bond acceptors (Lipinski definition) is 5. The Hall–Kier alpha value is -3.13. The van der Waals surface area contributed by atoms with Gasteiger partial charge in [0.25, 0.3) is 5.56 Å². The van der Waals surface area contributed by atoms with Crippen molar-refractivity contribution in [3.8, 4) is 11.5 Å². The number of allylic oxidation sites excluding steroid dienone is 1. The van der Waals surface area contributed by atoms with Crippen LogP contribution in [0.3, 0.4) is 0 Å². The first-order chi connectivity index (χ1) is 18.7. The predicted octanol–water partition coefficient (Wildman–Crippen LogP) is 8.18. The van der Waals surface area contributed by atoms with E-state index in [1.54, 1.807) is 37.6 Å². The molecule has 1 atom stereocenters. The number of aromatic nitrogens is 2. The number of hydrogen-bond donors (Lipinski definition) is 0. The Morgan fingerprint density at radius 2 is 1.95 bits per heavy atom. The number of benzene rings is 3. The van der Waals surface area contributed by atoms with Crippen LogP contribution in [0.2, 0.25) is 10.0 Å². The summed E-state index contributed by atoms with van der Waals surface area (Å²) in [5.74, 6) is 1.74. The van der Waals surface area contributed by atoms with Gasteiger partial charge in [-0.2, -0.15) is 9.78 Å². The molecule has 0 saturated carbocycles. The monoisotopic (exact) mass is 627 g/mol. The zero-order chi connectivity index (χ0) is 28.1. The number of ether oxygens (including phenoxy) is 2. The second kappa shape index (κ2) is 12.8. The molecule has 202 valence electrons. The van der Waals surface area contributed by atoms with Crippen molar-refractivity contribution in [2.24, 2.45) is 5.10 Å². The van der Waals surface area contributed by atoms with E-state index in [1.165, 1.54) is 4.68 Å². The predicted molar refractivity (Wildman–Crippen MR) is 163 cm³/mol. The van der Waals surface area contributed by atoms with Crippen LogP contribution in [0.1, 0.15) is 48.7 Å². The van der Waals surface area contributed by atoms with Crippen LogP contribution in [-0.4, -0.2) is 23.0 Å². The van der Waals surface area contributed by atoms with Gasteiger partial charge in [0, 0.05) is 31.6 Å². The molecule has 0 saturated heterocycles. The fraction of sp³-hybridized carbons (Fsp3) is 0.233. The number of methoxy groups -OCH3 is 1. The van der Waals surface area contributed by atoms with Gasteiger partial charge in [0.15, 0.2) is 11.5 Å². The van der Waals surface area contributed by atoms with Crippen molar-refractivity contribution in [2.75, 3.05) is 7.11 Å². The highest BCUT2D eigenvalue weighted by Gasteiger charge is 2.17. The van der Waals surface area contributed by atoms with E-state index in [0.29, 0.717) is 44.7 Å². The first kappa shape index (κ1) is 28.9. The maximum absolute atomic E-state index is 13.5. The van der Waals surface area contributed by atoms with Gasteiger partial charge >= 0.3 is 0 Å². The maximum atomic E-state index is 13.5. The number of halogens is 3. The summed E-state index contributed by atoms with van der Waals surface area (Å²) in [6.07, 6.45) is 4.76. The zero-order valence-corrected chi connectivity index (χ0v) is 25.0. The fourth-order valence-corrected chi connectivity index (χ4v) is 4.90.